The number of carbonyl (C=O) groups is 3. The Morgan fingerprint density at radius 1 is 0.882 bits per heavy atom. The number of anilines is 1. The molecule has 0 spiro atoms. The van der Waals surface area contributed by atoms with Crippen molar-refractivity contribution in [2.45, 2.75) is 50.4 Å². The molecule has 3 amide bonds. The van der Waals surface area contributed by atoms with Gasteiger partial charge in [-0.1, -0.05) is 35.1 Å². The van der Waals surface area contributed by atoms with Crippen LogP contribution in [-0.4, -0.2) is 110 Å². The van der Waals surface area contributed by atoms with E-state index in [1.165, 1.54) is 36.0 Å². The van der Waals surface area contributed by atoms with Crippen molar-refractivity contribution >= 4 is 58.0 Å². The van der Waals surface area contributed by atoms with Gasteiger partial charge in [0, 0.05) is 37.2 Å². The van der Waals surface area contributed by atoms with Gasteiger partial charge in [-0.2, -0.15) is 0 Å². The highest BCUT2D eigenvalue weighted by Crippen LogP contribution is 2.42. The number of hydrogen-bond donors (Lipinski definition) is 2. The third-order valence-electron chi connectivity index (χ3n) is 9.29. The number of aliphatic hydroxyl groups excluding tert-OH is 1. The van der Waals surface area contributed by atoms with Gasteiger partial charge in [-0.05, 0) is 44.2 Å². The van der Waals surface area contributed by atoms with Crippen molar-refractivity contribution in [3.8, 4) is 23.0 Å². The van der Waals surface area contributed by atoms with E-state index in [9.17, 15) is 19.5 Å². The summed E-state index contributed by atoms with van der Waals surface area (Å²) in [6.45, 7) is 9.60. The van der Waals surface area contributed by atoms with Crippen LogP contribution in [0.2, 0.25) is 0 Å². The van der Waals surface area contributed by atoms with Crippen LogP contribution in [-0.2, 0) is 4.74 Å². The summed E-state index contributed by atoms with van der Waals surface area (Å²) in [5, 5.41) is 11.4. The maximum atomic E-state index is 13.7. The summed E-state index contributed by atoms with van der Waals surface area (Å²) in [5.41, 5.74) is 3.15. The zero-order valence-corrected chi connectivity index (χ0v) is 30.4. The van der Waals surface area contributed by atoms with Crippen LogP contribution in [0, 0.1) is 0 Å². The second kappa shape index (κ2) is 15.9. The molecule has 2 aromatic rings. The zero-order chi connectivity index (χ0) is 36.2. The lowest BCUT2D eigenvalue weighted by Gasteiger charge is -2.31. The van der Waals surface area contributed by atoms with Crippen molar-refractivity contribution in [3.05, 3.63) is 59.7 Å². The molecule has 4 heterocycles. The van der Waals surface area contributed by atoms with Gasteiger partial charge in [0.25, 0.3) is 11.8 Å². The van der Waals surface area contributed by atoms with E-state index < -0.39 is 18.4 Å². The van der Waals surface area contributed by atoms with Crippen molar-refractivity contribution in [2.24, 2.45) is 4.99 Å². The minimum absolute atomic E-state index is 0.0760. The summed E-state index contributed by atoms with van der Waals surface area (Å²) < 4.78 is 28.8. The number of aliphatic imine (C=N–C) groups is 1. The van der Waals surface area contributed by atoms with E-state index in [-0.39, 0.29) is 42.3 Å². The summed E-state index contributed by atoms with van der Waals surface area (Å²) in [6, 6.07) is 5.73. The summed E-state index contributed by atoms with van der Waals surface area (Å²) in [6.07, 6.45) is 2.83. The fraction of sp³-hybridized carbons (Fsp3) is 0.444. The molecule has 2 aromatic carbocycles. The average molecular weight is 739 g/mol. The molecule has 4 aliphatic rings. The number of carbonyl (C=O) groups excluding carboxylic acids is 3. The maximum absolute atomic E-state index is 13.7. The number of rotatable bonds is 13. The van der Waals surface area contributed by atoms with Crippen LogP contribution < -0.4 is 23.8 Å². The fourth-order valence-electron chi connectivity index (χ4n) is 6.77. The molecule has 0 aliphatic carbocycles. The van der Waals surface area contributed by atoms with Gasteiger partial charge in [-0.25, -0.2) is 9.69 Å². The number of fused-ring (bicyclic) bond motifs is 4. The van der Waals surface area contributed by atoms with Crippen molar-refractivity contribution < 1.29 is 43.2 Å². The first-order chi connectivity index (χ1) is 24.6. The maximum Gasteiger partial charge on any atom is 0.416 e. The van der Waals surface area contributed by atoms with Gasteiger partial charge in [0.15, 0.2) is 29.2 Å². The summed E-state index contributed by atoms with van der Waals surface area (Å²) in [4.78, 5) is 49.3. The molecule has 0 bridgehead atoms. The molecule has 4 aliphatic heterocycles. The van der Waals surface area contributed by atoms with E-state index in [4.69, 9.17) is 23.7 Å². The number of hydrogen-bond acceptors (Lipinski definition) is 12. The van der Waals surface area contributed by atoms with Crippen molar-refractivity contribution in [1.29, 1.82) is 0 Å². The van der Waals surface area contributed by atoms with Crippen LogP contribution >= 0.6 is 22.5 Å². The molecule has 0 unspecified atom stereocenters. The molecule has 2 saturated heterocycles. The fourth-order valence-corrected chi connectivity index (χ4v) is 7.15. The molecule has 1 N–H and O–H groups in total. The van der Waals surface area contributed by atoms with Gasteiger partial charge in [0.05, 0.1) is 62.0 Å². The zero-order valence-electron chi connectivity index (χ0n) is 28.7. The quantitative estimate of drug-likeness (QED) is 0.118. The first kappa shape index (κ1) is 36.5. The van der Waals surface area contributed by atoms with E-state index in [0.717, 1.165) is 22.5 Å². The molecule has 51 heavy (non-hydrogen) atoms. The highest BCUT2D eigenvalue weighted by atomic mass is 33.1. The predicted molar refractivity (Wildman–Crippen MR) is 197 cm³/mol. The number of unbranched alkanes of at least 4 members (excludes halogenated alkanes) is 2. The molecular weight excluding hydrogens is 697 g/mol. The van der Waals surface area contributed by atoms with Crippen LogP contribution in [0.5, 0.6) is 23.0 Å². The second-order valence-corrected chi connectivity index (χ2v) is 14.2. The first-order valence-electron chi connectivity index (χ1n) is 16.7. The highest BCUT2D eigenvalue weighted by molar-refractivity contribution is 8.68. The average Bonchev–Trinajstić information content (AvgIpc) is 3.66. The minimum Gasteiger partial charge on any atom is -0.493 e. The summed E-state index contributed by atoms with van der Waals surface area (Å²) >= 11 is 4.09. The van der Waals surface area contributed by atoms with Crippen LogP contribution in [0.15, 0.2) is 53.6 Å². The Morgan fingerprint density at radius 2 is 1.51 bits per heavy atom. The van der Waals surface area contributed by atoms with Gasteiger partial charge < -0.3 is 38.6 Å². The van der Waals surface area contributed by atoms with Crippen molar-refractivity contribution in [1.82, 2.24) is 9.80 Å². The summed E-state index contributed by atoms with van der Waals surface area (Å²) in [5.74, 6) is 1.59. The Kier molecular flexibility index (Phi) is 11.4. The lowest BCUT2D eigenvalue weighted by molar-refractivity contribution is 0.0493. The van der Waals surface area contributed by atoms with Gasteiger partial charge >= 0.3 is 6.09 Å². The Labute approximate surface area is 306 Å². The number of amides is 3. The second-order valence-electron chi connectivity index (χ2n) is 12.7. The number of aliphatic hydroxyl groups is 1. The first-order valence-corrected chi connectivity index (χ1v) is 18.8. The molecular formula is C36H42N4O9S2. The highest BCUT2D eigenvalue weighted by Gasteiger charge is 2.46. The van der Waals surface area contributed by atoms with Crippen molar-refractivity contribution in [2.75, 3.05) is 57.8 Å². The van der Waals surface area contributed by atoms with Crippen LogP contribution in [0.1, 0.15) is 52.8 Å². The van der Waals surface area contributed by atoms with E-state index in [0.29, 0.717) is 85.4 Å². The largest absolute Gasteiger partial charge is 0.493 e. The smallest absolute Gasteiger partial charge is 0.416 e. The SMILES string of the molecule is C=C1C[C@H]2C=Nc3cc(OCCCCCOc4cc5c(cc4OC)C(=O)N4CC(=C)C[C@H]4[C@H](O)N5C(=O)OCCSS)c(OC)cc3C(=O)N2C1. The molecule has 15 heteroatoms. The summed E-state index contributed by atoms with van der Waals surface area (Å²) in [7, 11) is 4.23. The molecule has 0 aromatic heterocycles. The number of benzene rings is 2. The van der Waals surface area contributed by atoms with Crippen LogP contribution in [0.25, 0.3) is 0 Å². The van der Waals surface area contributed by atoms with E-state index >= 15 is 0 Å². The van der Waals surface area contributed by atoms with E-state index in [1.54, 1.807) is 29.3 Å². The molecule has 3 atom stereocenters. The molecule has 13 nitrogen and oxygen atoms in total. The topological polar surface area (TPSA) is 140 Å². The van der Waals surface area contributed by atoms with Crippen LogP contribution in [0.4, 0.5) is 16.2 Å². The van der Waals surface area contributed by atoms with Gasteiger partial charge in [-0.15, -0.1) is 11.7 Å². The third kappa shape index (κ3) is 7.51. The lowest BCUT2D eigenvalue weighted by atomic mass is 10.1. The lowest BCUT2D eigenvalue weighted by Crippen LogP contribution is -2.51. The molecule has 6 rings (SSSR count). The molecule has 0 saturated carbocycles. The third-order valence-corrected chi connectivity index (χ3v) is 10.2. The molecule has 2 fully saturated rings. The van der Waals surface area contributed by atoms with E-state index in [2.05, 4.69) is 29.8 Å². The molecule has 272 valence electrons. The monoisotopic (exact) mass is 738 g/mol. The standard InChI is InChI=1S/C36H42N4O9S2/c1-21-12-23-18-37-26-16-31(29(45-3)14-24(26)33(41)38(23)19-21)47-8-6-5-7-9-48-32-17-27-25(15-30(32)46-4)34(42)39-20-22(2)13-28(39)35(43)40(27)36(44)49-10-11-51-50/h14-18,23,28,35,43,50H,1-2,5-13,19-20H2,3-4H3/t23-,28-,35-/m0/s1. The number of methoxy groups -OCH3 is 2. The number of nitrogens with zero attached hydrogens (tertiary/aromatic N) is 4. The molecule has 0 radical (unpaired) electrons. The van der Waals surface area contributed by atoms with Crippen molar-refractivity contribution in [3.63, 3.8) is 0 Å². The van der Waals surface area contributed by atoms with E-state index in [1.807, 2.05) is 0 Å². The predicted octanol–water partition coefficient (Wildman–Crippen LogP) is 5.44. The van der Waals surface area contributed by atoms with Crippen LogP contribution in [0.3, 0.4) is 0 Å². The number of ether oxygens (including phenoxy) is 5. The van der Waals surface area contributed by atoms with Gasteiger partial charge in [-0.3, -0.25) is 14.6 Å². The Balaban J connectivity index is 1.09. The Hall–Kier alpha value is -4.34. The Morgan fingerprint density at radius 3 is 2.20 bits per heavy atom. The minimum atomic E-state index is -1.37. The normalized spacial score (nSPS) is 20.7. The Bertz CT molecular complexity index is 1750. The van der Waals surface area contributed by atoms with Gasteiger partial charge in [0.1, 0.15) is 6.61 Å². The number of thiol groups is 1. The van der Waals surface area contributed by atoms with Gasteiger partial charge in [0.2, 0.25) is 0 Å².